The standard InChI is InChI=1S/C27H34O4/c1-3-5-7-20-8-10-21(11-9-20)22-12-14-23(15-13-22)27(29)31-25-18-16-24(17-19-25)30-26(28)6-4-2/h12-21H,3-11H2,1-2H3. The van der Waals surface area contributed by atoms with Gasteiger partial charge in [-0.1, -0.05) is 45.2 Å². The number of hydrogen-bond acceptors (Lipinski definition) is 4. The molecule has 0 amide bonds. The molecule has 0 atom stereocenters. The van der Waals surface area contributed by atoms with E-state index in [1.807, 2.05) is 19.1 Å². The van der Waals surface area contributed by atoms with Crippen LogP contribution in [0.25, 0.3) is 0 Å². The van der Waals surface area contributed by atoms with Crippen molar-refractivity contribution >= 4 is 11.9 Å². The molecule has 0 saturated heterocycles. The predicted octanol–water partition coefficient (Wildman–Crippen LogP) is 7.08. The number of hydrogen-bond donors (Lipinski definition) is 0. The highest BCUT2D eigenvalue weighted by Gasteiger charge is 2.22. The highest BCUT2D eigenvalue weighted by atomic mass is 16.5. The highest BCUT2D eigenvalue weighted by molar-refractivity contribution is 5.91. The first-order valence-electron chi connectivity index (χ1n) is 11.7. The molecule has 2 aromatic rings. The van der Waals surface area contributed by atoms with E-state index >= 15 is 0 Å². The van der Waals surface area contributed by atoms with E-state index in [0.29, 0.717) is 29.4 Å². The molecule has 0 spiro atoms. The average Bonchev–Trinajstić information content (AvgIpc) is 2.79. The third-order valence-corrected chi connectivity index (χ3v) is 6.15. The van der Waals surface area contributed by atoms with Crippen LogP contribution in [0.1, 0.15) is 93.5 Å². The largest absolute Gasteiger partial charge is 0.427 e. The predicted molar refractivity (Wildman–Crippen MR) is 123 cm³/mol. The van der Waals surface area contributed by atoms with Gasteiger partial charge in [0.25, 0.3) is 0 Å². The lowest BCUT2D eigenvalue weighted by atomic mass is 9.77. The van der Waals surface area contributed by atoms with Crippen molar-refractivity contribution in [2.24, 2.45) is 5.92 Å². The van der Waals surface area contributed by atoms with Crippen molar-refractivity contribution in [1.82, 2.24) is 0 Å². The minimum absolute atomic E-state index is 0.262. The lowest BCUT2D eigenvalue weighted by molar-refractivity contribution is -0.134. The normalized spacial score (nSPS) is 18.4. The second-order valence-electron chi connectivity index (χ2n) is 8.57. The van der Waals surface area contributed by atoms with Gasteiger partial charge in [0.05, 0.1) is 5.56 Å². The lowest BCUT2D eigenvalue weighted by Crippen LogP contribution is -2.14. The number of ether oxygens (including phenoxy) is 2. The molecular weight excluding hydrogens is 388 g/mol. The molecule has 1 saturated carbocycles. The number of benzene rings is 2. The fourth-order valence-electron chi connectivity index (χ4n) is 4.30. The molecule has 1 aliphatic carbocycles. The van der Waals surface area contributed by atoms with Gasteiger partial charge in [-0.25, -0.2) is 4.79 Å². The van der Waals surface area contributed by atoms with Crippen molar-refractivity contribution in [1.29, 1.82) is 0 Å². The summed E-state index contributed by atoms with van der Waals surface area (Å²) in [5.41, 5.74) is 1.86. The van der Waals surface area contributed by atoms with Crippen LogP contribution >= 0.6 is 0 Å². The zero-order chi connectivity index (χ0) is 22.1. The van der Waals surface area contributed by atoms with Crippen LogP contribution in [0.4, 0.5) is 0 Å². The summed E-state index contributed by atoms with van der Waals surface area (Å²) < 4.78 is 10.7. The van der Waals surface area contributed by atoms with E-state index < -0.39 is 0 Å². The maximum atomic E-state index is 12.5. The Kier molecular flexibility index (Phi) is 8.69. The Bertz CT molecular complexity index is 831. The second kappa shape index (κ2) is 11.7. The van der Waals surface area contributed by atoms with Gasteiger partial charge in [0.2, 0.25) is 0 Å². The van der Waals surface area contributed by atoms with E-state index in [1.165, 1.54) is 50.5 Å². The second-order valence-corrected chi connectivity index (χ2v) is 8.57. The summed E-state index contributed by atoms with van der Waals surface area (Å²) in [6.45, 7) is 4.19. The molecule has 2 aromatic carbocycles. The average molecular weight is 423 g/mol. The van der Waals surface area contributed by atoms with E-state index in [-0.39, 0.29) is 11.9 Å². The van der Waals surface area contributed by atoms with Crippen LogP contribution in [0, 0.1) is 5.92 Å². The summed E-state index contributed by atoms with van der Waals surface area (Å²) >= 11 is 0. The van der Waals surface area contributed by atoms with Crippen LogP contribution in [-0.2, 0) is 4.79 Å². The maximum Gasteiger partial charge on any atom is 0.343 e. The molecule has 0 radical (unpaired) electrons. The first-order valence-corrected chi connectivity index (χ1v) is 11.7. The molecular formula is C27H34O4. The number of rotatable bonds is 9. The maximum absolute atomic E-state index is 12.5. The number of carbonyl (C=O) groups excluding carboxylic acids is 2. The van der Waals surface area contributed by atoms with Crippen LogP contribution in [0.3, 0.4) is 0 Å². The Hall–Kier alpha value is -2.62. The smallest absolute Gasteiger partial charge is 0.343 e. The zero-order valence-corrected chi connectivity index (χ0v) is 18.8. The molecule has 4 heteroatoms. The van der Waals surface area contributed by atoms with Gasteiger partial charge in [-0.3, -0.25) is 4.79 Å². The number of esters is 2. The molecule has 31 heavy (non-hydrogen) atoms. The van der Waals surface area contributed by atoms with Crippen molar-refractivity contribution in [2.45, 2.75) is 77.6 Å². The molecule has 1 aliphatic rings. The van der Waals surface area contributed by atoms with Crippen LogP contribution in [0.5, 0.6) is 11.5 Å². The van der Waals surface area contributed by atoms with Crippen molar-refractivity contribution in [3.05, 3.63) is 59.7 Å². The summed E-state index contributed by atoms with van der Waals surface area (Å²) in [5, 5.41) is 0. The Morgan fingerprint density at radius 1 is 0.806 bits per heavy atom. The molecule has 4 nitrogen and oxygen atoms in total. The van der Waals surface area contributed by atoms with Crippen molar-refractivity contribution in [3.8, 4) is 11.5 Å². The Morgan fingerprint density at radius 3 is 2.00 bits per heavy atom. The van der Waals surface area contributed by atoms with E-state index in [4.69, 9.17) is 9.47 Å². The summed E-state index contributed by atoms with van der Waals surface area (Å²) in [6.07, 6.45) is 10.3. The summed E-state index contributed by atoms with van der Waals surface area (Å²) in [5.74, 6) is 1.73. The Labute approximate surface area is 186 Å². The molecule has 0 aromatic heterocycles. The van der Waals surface area contributed by atoms with E-state index in [2.05, 4.69) is 19.1 Å². The third-order valence-electron chi connectivity index (χ3n) is 6.15. The van der Waals surface area contributed by atoms with Gasteiger partial charge in [-0.2, -0.15) is 0 Å². The molecule has 1 fully saturated rings. The Balaban J connectivity index is 1.51. The molecule has 0 heterocycles. The highest BCUT2D eigenvalue weighted by Crippen LogP contribution is 2.37. The van der Waals surface area contributed by atoms with Gasteiger partial charge in [0.15, 0.2) is 0 Å². The molecule has 3 rings (SSSR count). The van der Waals surface area contributed by atoms with Gasteiger partial charge >= 0.3 is 11.9 Å². The summed E-state index contributed by atoms with van der Waals surface area (Å²) in [4.78, 5) is 24.0. The van der Waals surface area contributed by atoms with E-state index in [9.17, 15) is 9.59 Å². The quantitative estimate of drug-likeness (QED) is 0.320. The van der Waals surface area contributed by atoms with Gasteiger partial charge < -0.3 is 9.47 Å². The van der Waals surface area contributed by atoms with Crippen LogP contribution < -0.4 is 9.47 Å². The molecule has 0 unspecified atom stereocenters. The molecule has 0 bridgehead atoms. The SMILES string of the molecule is CCCCC1CCC(c2ccc(C(=O)Oc3ccc(OC(=O)CCC)cc3)cc2)CC1. The summed E-state index contributed by atoms with van der Waals surface area (Å²) in [7, 11) is 0. The van der Waals surface area contributed by atoms with E-state index in [0.717, 1.165) is 12.3 Å². The minimum Gasteiger partial charge on any atom is -0.427 e. The number of unbranched alkanes of at least 4 members (excludes halogenated alkanes) is 1. The van der Waals surface area contributed by atoms with Crippen molar-refractivity contribution in [3.63, 3.8) is 0 Å². The van der Waals surface area contributed by atoms with Crippen molar-refractivity contribution < 1.29 is 19.1 Å². The third kappa shape index (κ3) is 6.95. The van der Waals surface area contributed by atoms with Crippen LogP contribution in [0.2, 0.25) is 0 Å². The van der Waals surface area contributed by atoms with Gasteiger partial charge in [0.1, 0.15) is 11.5 Å². The summed E-state index contributed by atoms with van der Waals surface area (Å²) in [6, 6.07) is 14.4. The van der Waals surface area contributed by atoms with Crippen LogP contribution in [0.15, 0.2) is 48.5 Å². The van der Waals surface area contributed by atoms with Crippen LogP contribution in [-0.4, -0.2) is 11.9 Å². The zero-order valence-electron chi connectivity index (χ0n) is 18.8. The van der Waals surface area contributed by atoms with E-state index in [1.54, 1.807) is 24.3 Å². The fraction of sp³-hybridized carbons (Fsp3) is 0.481. The van der Waals surface area contributed by atoms with Gasteiger partial charge in [-0.05, 0) is 85.9 Å². The fourth-order valence-corrected chi connectivity index (χ4v) is 4.30. The van der Waals surface area contributed by atoms with Gasteiger partial charge in [0, 0.05) is 6.42 Å². The van der Waals surface area contributed by atoms with Crippen molar-refractivity contribution in [2.75, 3.05) is 0 Å². The molecule has 0 N–H and O–H groups in total. The minimum atomic E-state index is -0.384. The molecule has 0 aliphatic heterocycles. The van der Waals surface area contributed by atoms with Gasteiger partial charge in [-0.15, -0.1) is 0 Å². The first-order chi connectivity index (χ1) is 15.1. The Morgan fingerprint density at radius 2 is 1.42 bits per heavy atom. The first kappa shape index (κ1) is 23.1. The number of carbonyl (C=O) groups is 2. The topological polar surface area (TPSA) is 52.6 Å². The molecule has 166 valence electrons. The lowest BCUT2D eigenvalue weighted by Gasteiger charge is -2.28. The monoisotopic (exact) mass is 422 g/mol.